The molecule has 0 saturated carbocycles. The summed E-state index contributed by atoms with van der Waals surface area (Å²) in [5.41, 5.74) is 1.26. The van der Waals surface area contributed by atoms with Crippen LogP contribution in [0.1, 0.15) is 45.2 Å². The summed E-state index contributed by atoms with van der Waals surface area (Å²) in [5, 5.41) is 0. The van der Waals surface area contributed by atoms with Gasteiger partial charge in [-0.1, -0.05) is 12.1 Å². The SMILES string of the molecule is CCOC(=O)C=Cc1ccc(N(C(=O)OC(C)(C)C)[C@@H]2CCN(Cc3cccc(OC)c3)C2)nc1. The number of rotatable bonds is 8. The van der Waals surface area contributed by atoms with Gasteiger partial charge in [-0.15, -0.1) is 0 Å². The van der Waals surface area contributed by atoms with Gasteiger partial charge in [0.05, 0.1) is 19.8 Å². The van der Waals surface area contributed by atoms with Gasteiger partial charge >= 0.3 is 12.1 Å². The highest BCUT2D eigenvalue weighted by atomic mass is 16.6. The highest BCUT2D eigenvalue weighted by Gasteiger charge is 2.35. The first kappa shape index (κ1) is 26.2. The third-order valence-corrected chi connectivity index (χ3v) is 5.46. The van der Waals surface area contributed by atoms with E-state index in [1.165, 1.54) is 6.08 Å². The second kappa shape index (κ2) is 11.8. The second-order valence-electron chi connectivity index (χ2n) is 9.41. The summed E-state index contributed by atoms with van der Waals surface area (Å²) in [7, 11) is 1.66. The first-order valence-corrected chi connectivity index (χ1v) is 11.9. The van der Waals surface area contributed by atoms with E-state index < -0.39 is 17.7 Å². The molecule has 0 N–H and O–H groups in total. The number of carbonyl (C=O) groups is 2. The number of hydrogen-bond acceptors (Lipinski definition) is 7. The summed E-state index contributed by atoms with van der Waals surface area (Å²) in [6.07, 6.45) is 5.01. The maximum absolute atomic E-state index is 13.2. The van der Waals surface area contributed by atoms with Crippen molar-refractivity contribution in [2.45, 2.75) is 52.3 Å². The average molecular weight is 482 g/mol. The molecule has 0 unspecified atom stereocenters. The molecule has 1 saturated heterocycles. The summed E-state index contributed by atoms with van der Waals surface area (Å²) >= 11 is 0. The van der Waals surface area contributed by atoms with E-state index in [0.717, 1.165) is 36.4 Å². The van der Waals surface area contributed by atoms with E-state index in [-0.39, 0.29) is 6.04 Å². The zero-order valence-electron chi connectivity index (χ0n) is 21.2. The van der Waals surface area contributed by atoms with Crippen molar-refractivity contribution in [2.75, 3.05) is 31.7 Å². The van der Waals surface area contributed by atoms with Gasteiger partial charge in [-0.2, -0.15) is 0 Å². The summed E-state index contributed by atoms with van der Waals surface area (Å²) in [4.78, 5) is 33.3. The summed E-state index contributed by atoms with van der Waals surface area (Å²) in [6, 6.07) is 11.5. The molecular formula is C27H35N3O5. The number of ether oxygens (including phenoxy) is 3. The predicted octanol–water partition coefficient (Wildman–Crippen LogP) is 4.68. The zero-order chi connectivity index (χ0) is 25.4. The molecule has 1 aliphatic heterocycles. The van der Waals surface area contributed by atoms with Crippen LogP contribution in [-0.4, -0.2) is 60.4 Å². The van der Waals surface area contributed by atoms with Crippen LogP contribution in [0.4, 0.5) is 10.6 Å². The maximum atomic E-state index is 13.2. The van der Waals surface area contributed by atoms with Gasteiger partial charge in [0, 0.05) is 31.9 Å². The molecule has 1 amide bonds. The lowest BCUT2D eigenvalue weighted by Gasteiger charge is -2.31. The fraction of sp³-hybridized carbons (Fsp3) is 0.444. The molecule has 8 nitrogen and oxygen atoms in total. The van der Waals surface area contributed by atoms with Crippen LogP contribution in [0.15, 0.2) is 48.7 Å². The molecule has 0 aliphatic carbocycles. The lowest BCUT2D eigenvalue weighted by molar-refractivity contribution is -0.137. The van der Waals surface area contributed by atoms with Gasteiger partial charge in [-0.3, -0.25) is 9.80 Å². The molecule has 8 heteroatoms. The van der Waals surface area contributed by atoms with Crippen molar-refractivity contribution in [3.05, 3.63) is 59.8 Å². The van der Waals surface area contributed by atoms with Crippen molar-refractivity contribution in [3.63, 3.8) is 0 Å². The van der Waals surface area contributed by atoms with Gasteiger partial charge < -0.3 is 14.2 Å². The standard InChI is InChI=1S/C27H35N3O5/c1-6-34-25(31)13-11-20-10-12-24(28-17-20)30(26(32)35-27(2,3)4)22-14-15-29(19-22)18-21-8-7-9-23(16-21)33-5/h7-13,16-17,22H,6,14-15,18-19H2,1-5H3/t22-/m1/s1. The minimum absolute atomic E-state index is 0.0797. The smallest absolute Gasteiger partial charge is 0.416 e. The Bertz CT molecular complexity index is 1030. The number of hydrogen-bond donors (Lipinski definition) is 0. The molecule has 1 aromatic heterocycles. The van der Waals surface area contributed by atoms with Crippen molar-refractivity contribution in [3.8, 4) is 5.75 Å². The molecule has 35 heavy (non-hydrogen) atoms. The predicted molar refractivity (Wildman–Crippen MR) is 135 cm³/mol. The molecule has 1 aromatic carbocycles. The molecule has 0 spiro atoms. The van der Waals surface area contributed by atoms with E-state index in [1.54, 1.807) is 37.3 Å². The number of benzene rings is 1. The van der Waals surface area contributed by atoms with Crippen LogP contribution in [0.25, 0.3) is 6.08 Å². The Morgan fingerprint density at radius 1 is 1.23 bits per heavy atom. The highest BCUT2D eigenvalue weighted by molar-refractivity contribution is 5.88. The van der Waals surface area contributed by atoms with Crippen LogP contribution in [0.2, 0.25) is 0 Å². The van der Waals surface area contributed by atoms with Crippen LogP contribution >= 0.6 is 0 Å². The summed E-state index contributed by atoms with van der Waals surface area (Å²) in [6.45, 7) is 9.94. The lowest BCUT2D eigenvalue weighted by Crippen LogP contribution is -2.45. The zero-order valence-corrected chi connectivity index (χ0v) is 21.2. The number of anilines is 1. The fourth-order valence-electron chi connectivity index (χ4n) is 3.93. The van der Waals surface area contributed by atoms with Crippen molar-refractivity contribution < 1.29 is 23.8 Å². The number of nitrogens with zero attached hydrogens (tertiary/aromatic N) is 3. The molecule has 0 radical (unpaired) electrons. The molecule has 1 aliphatic rings. The van der Waals surface area contributed by atoms with Gasteiger partial charge in [0.15, 0.2) is 0 Å². The Labute approximate surface area is 207 Å². The van der Waals surface area contributed by atoms with Gasteiger partial charge in [0.2, 0.25) is 0 Å². The van der Waals surface area contributed by atoms with Crippen molar-refractivity contribution in [2.24, 2.45) is 0 Å². The first-order chi connectivity index (χ1) is 16.7. The molecular weight excluding hydrogens is 446 g/mol. The van der Waals surface area contributed by atoms with Gasteiger partial charge in [-0.05, 0) is 75.6 Å². The van der Waals surface area contributed by atoms with Crippen LogP contribution in [0, 0.1) is 0 Å². The van der Waals surface area contributed by atoms with Crippen LogP contribution < -0.4 is 9.64 Å². The maximum Gasteiger partial charge on any atom is 0.416 e. The van der Waals surface area contributed by atoms with Crippen molar-refractivity contribution >= 4 is 24.0 Å². The number of aromatic nitrogens is 1. The number of likely N-dealkylation sites (tertiary alicyclic amines) is 1. The Kier molecular flexibility index (Phi) is 8.87. The Morgan fingerprint density at radius 3 is 2.69 bits per heavy atom. The topological polar surface area (TPSA) is 81.2 Å². The first-order valence-electron chi connectivity index (χ1n) is 11.9. The number of carbonyl (C=O) groups excluding carboxylic acids is 2. The molecule has 2 aromatic rings. The minimum atomic E-state index is -0.628. The number of esters is 1. The molecule has 188 valence electrons. The summed E-state index contributed by atoms with van der Waals surface area (Å²) < 4.78 is 16.0. The Balaban J connectivity index is 1.76. The largest absolute Gasteiger partial charge is 0.497 e. The monoisotopic (exact) mass is 481 g/mol. The highest BCUT2D eigenvalue weighted by Crippen LogP contribution is 2.26. The van der Waals surface area contributed by atoms with Crippen LogP contribution in [0.5, 0.6) is 5.75 Å². The third-order valence-electron chi connectivity index (χ3n) is 5.46. The quantitative estimate of drug-likeness (QED) is 0.400. The van der Waals surface area contributed by atoms with Crippen LogP contribution in [0.3, 0.4) is 0 Å². The van der Waals surface area contributed by atoms with E-state index in [2.05, 4.69) is 16.0 Å². The normalized spacial score (nSPS) is 16.3. The molecule has 0 bridgehead atoms. The fourth-order valence-corrected chi connectivity index (χ4v) is 3.93. The number of pyridine rings is 1. The van der Waals surface area contributed by atoms with Crippen molar-refractivity contribution in [1.82, 2.24) is 9.88 Å². The second-order valence-corrected chi connectivity index (χ2v) is 9.41. The molecule has 2 heterocycles. The Hall–Kier alpha value is -3.39. The van der Waals surface area contributed by atoms with E-state index in [0.29, 0.717) is 19.0 Å². The summed E-state index contributed by atoms with van der Waals surface area (Å²) in [5.74, 6) is 0.935. The lowest BCUT2D eigenvalue weighted by atomic mass is 10.2. The Morgan fingerprint density at radius 2 is 2.03 bits per heavy atom. The number of amides is 1. The van der Waals surface area contributed by atoms with E-state index in [1.807, 2.05) is 45.0 Å². The van der Waals surface area contributed by atoms with Gasteiger partial charge in [0.25, 0.3) is 0 Å². The van der Waals surface area contributed by atoms with Crippen molar-refractivity contribution in [1.29, 1.82) is 0 Å². The van der Waals surface area contributed by atoms with Gasteiger partial charge in [0.1, 0.15) is 17.2 Å². The van der Waals surface area contributed by atoms with E-state index in [4.69, 9.17) is 14.2 Å². The third kappa shape index (κ3) is 7.82. The average Bonchev–Trinajstić information content (AvgIpc) is 3.25. The van der Waals surface area contributed by atoms with Gasteiger partial charge in [-0.25, -0.2) is 14.6 Å². The van der Waals surface area contributed by atoms with E-state index in [9.17, 15) is 9.59 Å². The van der Waals surface area contributed by atoms with Crippen LogP contribution in [-0.2, 0) is 20.8 Å². The molecule has 3 rings (SSSR count). The molecule has 1 atom stereocenters. The molecule has 1 fully saturated rings. The van der Waals surface area contributed by atoms with E-state index >= 15 is 0 Å². The number of methoxy groups -OCH3 is 1. The minimum Gasteiger partial charge on any atom is -0.497 e.